The van der Waals surface area contributed by atoms with E-state index in [1.54, 1.807) is 0 Å². The molecule has 0 fully saturated rings. The van der Waals surface area contributed by atoms with Crippen molar-refractivity contribution in [2.75, 3.05) is 14.2 Å². The fourth-order valence-electron chi connectivity index (χ4n) is 4.17. The van der Waals surface area contributed by atoms with Gasteiger partial charge >= 0.3 is 8.25 Å². The molecule has 0 saturated heterocycles. The molecule has 0 aliphatic carbocycles. The number of aliphatic imine (C=N–C) groups is 2. The zero-order valence-electron chi connectivity index (χ0n) is 26.5. The molecule has 0 spiro atoms. The van der Waals surface area contributed by atoms with E-state index in [0.29, 0.717) is 22.9 Å². The molecule has 0 aromatic heterocycles. The highest BCUT2D eigenvalue weighted by atomic mass is 32.2. The molecule has 4 aromatic rings. The summed E-state index contributed by atoms with van der Waals surface area (Å²) < 4.78 is 93.3. The van der Waals surface area contributed by atoms with Gasteiger partial charge < -0.3 is 32.4 Å². The summed E-state index contributed by atoms with van der Waals surface area (Å²) in [5, 5.41) is 0. The van der Waals surface area contributed by atoms with Gasteiger partial charge in [0, 0.05) is 15.7 Å². The van der Waals surface area contributed by atoms with Gasteiger partial charge in [0.25, 0.3) is 0 Å². The SMILES string of the molecule is COc1ccc(S(=O)(=O)NC(O[P+](=O)OC(NS(=O)(=O)c2ccc(OC)cc2)c2ccc(N=C(N)N)cc2)c2ccc(N=C(N)N)cc2)cc1. The molecular formula is C30H34N8O9PS2+. The summed E-state index contributed by atoms with van der Waals surface area (Å²) in [6.45, 7) is 0. The smallest absolute Gasteiger partial charge is 0.497 e. The molecule has 10 N–H and O–H groups in total. The molecule has 17 nitrogen and oxygen atoms in total. The van der Waals surface area contributed by atoms with Crippen LogP contribution >= 0.6 is 8.25 Å². The number of benzene rings is 4. The molecule has 4 aromatic carbocycles. The van der Waals surface area contributed by atoms with Gasteiger partial charge in [0.05, 0.1) is 35.4 Å². The quantitative estimate of drug-likeness (QED) is 0.0417. The zero-order valence-corrected chi connectivity index (χ0v) is 29.1. The molecule has 0 aliphatic rings. The second-order valence-electron chi connectivity index (χ2n) is 10.0. The standard InChI is InChI=1S/C30H34N8O9PS2/c1-44-23-11-15-25(16-12-23)49(40,41)37-27(19-3-7-21(8-4-19)35-29(31)32)46-48(39)47-28(20-5-9-22(10-6-20)36-30(33)34)38-50(42,43)26-17-13-24(45-2)14-18-26/h3-18,27-28,37-38H,1-2H3,(H4,31,32,35)(H4,33,34,36)/q+1. The third kappa shape index (κ3) is 10.4. The Bertz CT molecular complexity index is 1910. The summed E-state index contributed by atoms with van der Waals surface area (Å²) in [4.78, 5) is 7.53. The van der Waals surface area contributed by atoms with E-state index in [-0.39, 0.29) is 32.8 Å². The topological polar surface area (TPSA) is 275 Å². The van der Waals surface area contributed by atoms with Crippen molar-refractivity contribution in [3.63, 3.8) is 0 Å². The Labute approximate surface area is 289 Å². The summed E-state index contributed by atoms with van der Waals surface area (Å²) in [6, 6.07) is 22.5. The van der Waals surface area contributed by atoms with Crippen LogP contribution in [0.4, 0.5) is 11.4 Å². The molecule has 50 heavy (non-hydrogen) atoms. The van der Waals surface area contributed by atoms with Gasteiger partial charge in [-0.25, -0.2) is 26.8 Å². The molecule has 0 saturated carbocycles. The number of methoxy groups -OCH3 is 2. The average molecular weight is 746 g/mol. The minimum Gasteiger partial charge on any atom is -0.497 e. The number of nitrogens with one attached hydrogen (secondary N) is 2. The number of rotatable bonds is 16. The highest BCUT2D eigenvalue weighted by Gasteiger charge is 2.37. The van der Waals surface area contributed by atoms with Crippen LogP contribution in [0.25, 0.3) is 0 Å². The van der Waals surface area contributed by atoms with Gasteiger partial charge in [-0.1, -0.05) is 33.3 Å². The molecular weight excluding hydrogens is 711 g/mol. The maximum absolute atomic E-state index is 13.5. The van der Waals surface area contributed by atoms with E-state index in [4.69, 9.17) is 41.5 Å². The van der Waals surface area contributed by atoms with Gasteiger partial charge in [-0.05, 0) is 72.8 Å². The number of ether oxygens (including phenoxy) is 2. The second-order valence-corrected chi connectivity index (χ2v) is 14.3. The lowest BCUT2D eigenvalue weighted by atomic mass is 10.2. The third-order valence-electron chi connectivity index (χ3n) is 6.55. The summed E-state index contributed by atoms with van der Waals surface area (Å²) in [5.74, 6) is 0.407. The Morgan fingerprint density at radius 2 is 0.900 bits per heavy atom. The Kier molecular flexibility index (Phi) is 12.4. The molecule has 0 radical (unpaired) electrons. The summed E-state index contributed by atoms with van der Waals surface area (Å²) >= 11 is 0. The Morgan fingerprint density at radius 3 is 1.18 bits per heavy atom. The first-order chi connectivity index (χ1) is 23.7. The molecule has 4 rings (SSSR count). The number of hydrogen-bond donors (Lipinski definition) is 6. The number of guanidine groups is 2. The maximum Gasteiger partial charge on any atom is 0.701 e. The molecule has 2 unspecified atom stereocenters. The Hall–Kier alpha value is -5.14. The van der Waals surface area contributed by atoms with E-state index in [9.17, 15) is 21.4 Å². The molecule has 20 heteroatoms. The lowest BCUT2D eigenvalue weighted by molar-refractivity contribution is 0.120. The molecule has 0 aliphatic heterocycles. The minimum atomic E-state index is -4.31. The van der Waals surface area contributed by atoms with Crippen LogP contribution in [0.3, 0.4) is 0 Å². The first-order valence-corrected chi connectivity index (χ1v) is 18.3. The van der Waals surface area contributed by atoms with Gasteiger partial charge in [0.1, 0.15) is 11.5 Å². The van der Waals surface area contributed by atoms with Crippen molar-refractivity contribution in [1.82, 2.24) is 9.44 Å². The molecule has 2 atom stereocenters. The molecule has 0 amide bonds. The van der Waals surface area contributed by atoms with E-state index in [1.165, 1.54) is 111 Å². The van der Waals surface area contributed by atoms with Crippen molar-refractivity contribution in [3.8, 4) is 11.5 Å². The van der Waals surface area contributed by atoms with Crippen LogP contribution < -0.4 is 41.9 Å². The van der Waals surface area contributed by atoms with Crippen molar-refractivity contribution < 1.29 is 39.9 Å². The fraction of sp³-hybridized carbons (Fsp3) is 0.133. The van der Waals surface area contributed by atoms with Crippen molar-refractivity contribution in [2.45, 2.75) is 22.2 Å². The fourth-order valence-corrected chi connectivity index (χ4v) is 7.25. The van der Waals surface area contributed by atoms with Gasteiger partial charge in [-0.3, -0.25) is 0 Å². The highest BCUT2D eigenvalue weighted by Crippen LogP contribution is 2.38. The Balaban J connectivity index is 1.67. The third-order valence-corrected chi connectivity index (χ3v) is 10.2. The lowest BCUT2D eigenvalue weighted by Gasteiger charge is -2.17. The van der Waals surface area contributed by atoms with E-state index in [2.05, 4.69) is 19.4 Å². The zero-order chi connectivity index (χ0) is 36.5. The van der Waals surface area contributed by atoms with E-state index in [1.807, 2.05) is 0 Å². The largest absolute Gasteiger partial charge is 0.701 e. The molecule has 264 valence electrons. The van der Waals surface area contributed by atoms with Crippen molar-refractivity contribution >= 4 is 51.6 Å². The number of nitrogens with two attached hydrogens (primary N) is 4. The average Bonchev–Trinajstić information content (AvgIpc) is 3.07. The van der Waals surface area contributed by atoms with Crippen LogP contribution in [0.2, 0.25) is 0 Å². The van der Waals surface area contributed by atoms with E-state index >= 15 is 0 Å². The number of hydrogen-bond acceptors (Lipinski definition) is 11. The van der Waals surface area contributed by atoms with Crippen molar-refractivity contribution in [3.05, 3.63) is 108 Å². The maximum atomic E-state index is 13.5. The predicted octanol–water partition coefficient (Wildman–Crippen LogP) is 2.86. The minimum absolute atomic E-state index is 0.161. The van der Waals surface area contributed by atoms with E-state index in [0.717, 1.165) is 0 Å². The van der Waals surface area contributed by atoms with Crippen molar-refractivity contribution in [1.29, 1.82) is 0 Å². The molecule has 0 heterocycles. The normalized spacial score (nSPS) is 13.0. The van der Waals surface area contributed by atoms with Crippen LogP contribution in [0.15, 0.2) is 117 Å². The second kappa shape index (κ2) is 16.5. The highest BCUT2D eigenvalue weighted by molar-refractivity contribution is 7.89. The van der Waals surface area contributed by atoms with Crippen LogP contribution in [0.1, 0.15) is 23.6 Å². The number of sulfonamides is 2. The summed E-state index contributed by atoms with van der Waals surface area (Å²) in [5.41, 5.74) is 22.8. The van der Waals surface area contributed by atoms with Gasteiger partial charge in [-0.15, -0.1) is 0 Å². The summed E-state index contributed by atoms with van der Waals surface area (Å²) in [7, 11) is -9.05. The van der Waals surface area contributed by atoms with Crippen LogP contribution in [-0.4, -0.2) is 43.0 Å². The monoisotopic (exact) mass is 745 g/mol. The first kappa shape index (κ1) is 37.7. The first-order valence-electron chi connectivity index (χ1n) is 14.2. The van der Waals surface area contributed by atoms with Gasteiger partial charge in [0.2, 0.25) is 32.5 Å². The van der Waals surface area contributed by atoms with E-state index < -0.39 is 40.8 Å². The Morgan fingerprint density at radius 1 is 0.580 bits per heavy atom. The molecule has 0 bridgehead atoms. The van der Waals surface area contributed by atoms with Crippen LogP contribution in [0.5, 0.6) is 11.5 Å². The van der Waals surface area contributed by atoms with Crippen LogP contribution in [-0.2, 0) is 33.7 Å². The van der Waals surface area contributed by atoms with Gasteiger partial charge in [-0.2, -0.15) is 9.44 Å². The lowest BCUT2D eigenvalue weighted by Crippen LogP contribution is -2.31. The number of nitrogens with zero attached hydrogens (tertiary/aromatic N) is 2. The predicted molar refractivity (Wildman–Crippen MR) is 186 cm³/mol. The van der Waals surface area contributed by atoms with Gasteiger partial charge in [0.15, 0.2) is 11.9 Å². The summed E-state index contributed by atoms with van der Waals surface area (Å²) in [6.07, 6.45) is -3.25. The van der Waals surface area contributed by atoms with Crippen LogP contribution in [0, 0.1) is 0 Å². The van der Waals surface area contributed by atoms with Crippen molar-refractivity contribution in [2.24, 2.45) is 32.9 Å².